The Morgan fingerprint density at radius 3 is 2.26 bits per heavy atom. The summed E-state index contributed by atoms with van der Waals surface area (Å²) < 4.78 is 1.12. The zero-order chi connectivity index (χ0) is 13.8. The molecule has 0 radical (unpaired) electrons. The molecule has 2 aromatic rings. The molecule has 2 N–H and O–H groups in total. The lowest BCUT2D eigenvalue weighted by Gasteiger charge is -2.17. The molecule has 0 spiro atoms. The van der Waals surface area contributed by atoms with E-state index in [0.717, 1.165) is 14.8 Å². The molecule has 0 saturated heterocycles. The Balaban J connectivity index is 2.07. The van der Waals surface area contributed by atoms with Crippen LogP contribution in [0.3, 0.4) is 0 Å². The van der Waals surface area contributed by atoms with E-state index in [0.29, 0.717) is 12.1 Å². The molecule has 2 rings (SSSR count). The van der Waals surface area contributed by atoms with Crippen LogP contribution in [-0.4, -0.2) is 17.9 Å². The molecule has 0 aliphatic rings. The van der Waals surface area contributed by atoms with Gasteiger partial charge in [-0.15, -0.1) is 0 Å². The molecule has 0 aromatic heterocycles. The molecule has 0 atom stereocenters. The zero-order valence-corrected chi connectivity index (χ0v) is 12.8. The standard InChI is InChI=1S/C15H15IN2O/c1-18(10-11-2-8-14(17)9-3-11)15(19)12-4-6-13(16)7-5-12/h2-9H,10,17H2,1H3. The fourth-order valence-electron chi connectivity index (χ4n) is 1.78. The van der Waals surface area contributed by atoms with Crippen molar-refractivity contribution in [3.05, 3.63) is 63.2 Å². The second-order valence-corrected chi connectivity index (χ2v) is 5.66. The molecule has 2 aromatic carbocycles. The number of rotatable bonds is 3. The third kappa shape index (κ3) is 3.70. The third-order valence-corrected chi connectivity index (χ3v) is 3.56. The van der Waals surface area contributed by atoms with E-state index in [1.165, 1.54) is 0 Å². The molecule has 0 aliphatic carbocycles. The van der Waals surface area contributed by atoms with Gasteiger partial charge in [-0.3, -0.25) is 4.79 Å². The number of halogens is 1. The molecule has 0 fully saturated rings. The highest BCUT2D eigenvalue weighted by Crippen LogP contribution is 2.12. The molecule has 19 heavy (non-hydrogen) atoms. The van der Waals surface area contributed by atoms with Crippen molar-refractivity contribution in [2.24, 2.45) is 0 Å². The Kier molecular flexibility index (Phi) is 4.42. The number of carbonyl (C=O) groups is 1. The summed E-state index contributed by atoms with van der Waals surface area (Å²) in [5.74, 6) is 0.0215. The summed E-state index contributed by atoms with van der Waals surface area (Å²) in [7, 11) is 1.80. The number of hydrogen-bond acceptors (Lipinski definition) is 2. The van der Waals surface area contributed by atoms with Gasteiger partial charge in [0.15, 0.2) is 0 Å². The van der Waals surface area contributed by atoms with E-state index >= 15 is 0 Å². The number of amides is 1. The maximum absolute atomic E-state index is 12.2. The Morgan fingerprint density at radius 1 is 1.11 bits per heavy atom. The van der Waals surface area contributed by atoms with E-state index in [4.69, 9.17) is 5.73 Å². The van der Waals surface area contributed by atoms with Crippen molar-refractivity contribution in [3.8, 4) is 0 Å². The average molecular weight is 366 g/mol. The highest BCUT2D eigenvalue weighted by molar-refractivity contribution is 14.1. The van der Waals surface area contributed by atoms with Gasteiger partial charge in [0, 0.05) is 28.4 Å². The minimum Gasteiger partial charge on any atom is -0.399 e. The maximum atomic E-state index is 12.2. The minimum atomic E-state index is 0.0215. The van der Waals surface area contributed by atoms with E-state index in [1.54, 1.807) is 11.9 Å². The Bertz CT molecular complexity index is 564. The summed E-state index contributed by atoms with van der Waals surface area (Å²) in [6, 6.07) is 15.1. The van der Waals surface area contributed by atoms with Crippen LogP contribution in [0.2, 0.25) is 0 Å². The van der Waals surface area contributed by atoms with Crippen molar-refractivity contribution in [2.45, 2.75) is 6.54 Å². The van der Waals surface area contributed by atoms with Gasteiger partial charge in [0.2, 0.25) is 0 Å². The summed E-state index contributed by atoms with van der Waals surface area (Å²) in [5.41, 5.74) is 8.15. The quantitative estimate of drug-likeness (QED) is 0.670. The van der Waals surface area contributed by atoms with Gasteiger partial charge >= 0.3 is 0 Å². The fourth-order valence-corrected chi connectivity index (χ4v) is 2.14. The lowest BCUT2D eigenvalue weighted by atomic mass is 10.1. The van der Waals surface area contributed by atoms with Crippen LogP contribution in [0.4, 0.5) is 5.69 Å². The number of nitrogens with two attached hydrogens (primary N) is 1. The first kappa shape index (κ1) is 13.9. The van der Waals surface area contributed by atoms with Crippen LogP contribution in [0.5, 0.6) is 0 Å². The molecule has 4 heteroatoms. The van der Waals surface area contributed by atoms with Gasteiger partial charge in [-0.2, -0.15) is 0 Å². The number of carbonyl (C=O) groups excluding carboxylic acids is 1. The van der Waals surface area contributed by atoms with Gasteiger partial charge in [0.25, 0.3) is 5.91 Å². The first-order chi connectivity index (χ1) is 9.06. The summed E-state index contributed by atoms with van der Waals surface area (Å²) >= 11 is 2.22. The van der Waals surface area contributed by atoms with E-state index in [-0.39, 0.29) is 5.91 Å². The second-order valence-electron chi connectivity index (χ2n) is 4.41. The van der Waals surface area contributed by atoms with E-state index < -0.39 is 0 Å². The number of nitrogens with zero attached hydrogens (tertiary/aromatic N) is 1. The summed E-state index contributed by atoms with van der Waals surface area (Å²) in [4.78, 5) is 13.9. The van der Waals surface area contributed by atoms with Crippen molar-refractivity contribution in [1.29, 1.82) is 0 Å². The topological polar surface area (TPSA) is 46.3 Å². The number of nitrogen functional groups attached to an aromatic ring is 1. The normalized spacial score (nSPS) is 10.2. The largest absolute Gasteiger partial charge is 0.399 e. The molecular formula is C15H15IN2O. The highest BCUT2D eigenvalue weighted by Gasteiger charge is 2.11. The Morgan fingerprint density at radius 2 is 1.68 bits per heavy atom. The zero-order valence-electron chi connectivity index (χ0n) is 10.6. The lowest BCUT2D eigenvalue weighted by Crippen LogP contribution is -2.26. The van der Waals surface area contributed by atoms with E-state index in [9.17, 15) is 4.79 Å². The summed E-state index contributed by atoms with van der Waals surface area (Å²) in [5, 5.41) is 0. The lowest BCUT2D eigenvalue weighted by molar-refractivity contribution is 0.0785. The summed E-state index contributed by atoms with van der Waals surface area (Å²) in [6.07, 6.45) is 0. The predicted octanol–water partition coefficient (Wildman–Crippen LogP) is 3.15. The van der Waals surface area contributed by atoms with Gasteiger partial charge in [0.05, 0.1) is 0 Å². The average Bonchev–Trinajstić information content (AvgIpc) is 2.41. The van der Waals surface area contributed by atoms with Gasteiger partial charge in [0.1, 0.15) is 0 Å². The van der Waals surface area contributed by atoms with Crippen molar-refractivity contribution >= 4 is 34.2 Å². The van der Waals surface area contributed by atoms with Crippen LogP contribution in [0.25, 0.3) is 0 Å². The van der Waals surface area contributed by atoms with Gasteiger partial charge in [-0.25, -0.2) is 0 Å². The van der Waals surface area contributed by atoms with E-state index in [1.807, 2.05) is 48.5 Å². The smallest absolute Gasteiger partial charge is 0.253 e. The van der Waals surface area contributed by atoms with Crippen molar-refractivity contribution < 1.29 is 4.79 Å². The Hall–Kier alpha value is -1.56. The monoisotopic (exact) mass is 366 g/mol. The molecule has 0 unspecified atom stereocenters. The van der Waals surface area contributed by atoms with Crippen molar-refractivity contribution in [1.82, 2.24) is 4.90 Å². The SMILES string of the molecule is CN(Cc1ccc(N)cc1)C(=O)c1ccc(I)cc1. The van der Waals surface area contributed by atoms with Crippen LogP contribution >= 0.6 is 22.6 Å². The van der Waals surface area contributed by atoms with Crippen LogP contribution < -0.4 is 5.73 Å². The fraction of sp³-hybridized carbons (Fsp3) is 0.133. The first-order valence-corrected chi connectivity index (χ1v) is 6.99. The van der Waals surface area contributed by atoms with Gasteiger partial charge < -0.3 is 10.6 Å². The molecule has 3 nitrogen and oxygen atoms in total. The van der Waals surface area contributed by atoms with Crippen LogP contribution in [0.15, 0.2) is 48.5 Å². The van der Waals surface area contributed by atoms with Crippen LogP contribution in [0.1, 0.15) is 15.9 Å². The van der Waals surface area contributed by atoms with Crippen LogP contribution in [-0.2, 0) is 6.54 Å². The van der Waals surface area contributed by atoms with Crippen molar-refractivity contribution in [2.75, 3.05) is 12.8 Å². The third-order valence-electron chi connectivity index (χ3n) is 2.84. The van der Waals surface area contributed by atoms with Gasteiger partial charge in [-0.05, 0) is 64.6 Å². The van der Waals surface area contributed by atoms with Crippen molar-refractivity contribution in [3.63, 3.8) is 0 Å². The maximum Gasteiger partial charge on any atom is 0.253 e. The highest BCUT2D eigenvalue weighted by atomic mass is 127. The van der Waals surface area contributed by atoms with Crippen LogP contribution in [0, 0.1) is 3.57 Å². The first-order valence-electron chi connectivity index (χ1n) is 5.92. The van der Waals surface area contributed by atoms with Gasteiger partial charge in [-0.1, -0.05) is 12.1 Å². The second kappa shape index (κ2) is 6.06. The van der Waals surface area contributed by atoms with E-state index in [2.05, 4.69) is 22.6 Å². The predicted molar refractivity (Wildman–Crippen MR) is 85.8 cm³/mol. The minimum absolute atomic E-state index is 0.0215. The summed E-state index contributed by atoms with van der Waals surface area (Å²) in [6.45, 7) is 0.575. The molecule has 1 amide bonds. The Labute approximate surface area is 126 Å². The molecular weight excluding hydrogens is 351 g/mol. The molecule has 0 heterocycles. The molecule has 98 valence electrons. The molecule has 0 bridgehead atoms. The number of anilines is 1. The number of hydrogen-bond donors (Lipinski definition) is 1. The molecule has 0 saturated carbocycles. The number of benzene rings is 2. The molecule has 0 aliphatic heterocycles.